The monoisotopic (exact) mass is 403 g/mol. The Morgan fingerprint density at radius 1 is 1.17 bits per heavy atom. The molecular formula is C23H15ClFN3O. The van der Waals surface area contributed by atoms with Crippen LogP contribution >= 0.6 is 11.6 Å². The van der Waals surface area contributed by atoms with Gasteiger partial charge in [-0.15, -0.1) is 6.42 Å². The summed E-state index contributed by atoms with van der Waals surface area (Å²) >= 11 is 5.89. The Morgan fingerprint density at radius 2 is 1.93 bits per heavy atom. The van der Waals surface area contributed by atoms with Crippen LogP contribution in [-0.4, -0.2) is 14.5 Å². The number of rotatable bonds is 3. The van der Waals surface area contributed by atoms with Gasteiger partial charge in [0.25, 0.3) is 5.56 Å². The predicted octanol–water partition coefficient (Wildman–Crippen LogP) is 4.69. The molecule has 3 heterocycles. The maximum Gasteiger partial charge on any atom is 0.251 e. The second-order valence-electron chi connectivity index (χ2n) is 6.55. The molecule has 0 N–H and O–H groups in total. The number of nitrogens with zero attached hydrogens (tertiary/aromatic N) is 3. The largest absolute Gasteiger partial charge is 0.310 e. The van der Waals surface area contributed by atoms with Crippen LogP contribution in [0.3, 0.4) is 0 Å². The zero-order chi connectivity index (χ0) is 20.5. The highest BCUT2D eigenvalue weighted by Gasteiger charge is 2.18. The van der Waals surface area contributed by atoms with Gasteiger partial charge in [-0.2, -0.15) is 0 Å². The molecule has 0 amide bonds. The number of pyridine rings is 3. The number of hydrogen-bond acceptors (Lipinski definition) is 3. The highest BCUT2D eigenvalue weighted by Crippen LogP contribution is 2.31. The van der Waals surface area contributed by atoms with Crippen LogP contribution in [-0.2, 0) is 7.05 Å². The maximum absolute atomic E-state index is 15.1. The fourth-order valence-electron chi connectivity index (χ4n) is 3.18. The Morgan fingerprint density at radius 3 is 2.66 bits per heavy atom. The third kappa shape index (κ3) is 3.51. The molecule has 1 unspecified atom stereocenters. The lowest BCUT2D eigenvalue weighted by atomic mass is 10.0. The van der Waals surface area contributed by atoms with Crippen LogP contribution in [0.4, 0.5) is 4.39 Å². The fourth-order valence-corrected chi connectivity index (χ4v) is 3.31. The van der Waals surface area contributed by atoms with E-state index in [1.54, 1.807) is 55.6 Å². The van der Waals surface area contributed by atoms with E-state index < -0.39 is 6.17 Å². The molecular weight excluding hydrogens is 389 g/mol. The van der Waals surface area contributed by atoms with Crippen LogP contribution in [0.15, 0.2) is 65.6 Å². The highest BCUT2D eigenvalue weighted by molar-refractivity contribution is 6.30. The highest BCUT2D eigenvalue weighted by atomic mass is 35.5. The summed E-state index contributed by atoms with van der Waals surface area (Å²) in [6, 6.07) is 14.9. The summed E-state index contributed by atoms with van der Waals surface area (Å²) < 4.78 is 16.6. The van der Waals surface area contributed by atoms with Gasteiger partial charge in [0.1, 0.15) is 5.69 Å². The average Bonchev–Trinajstić information content (AvgIpc) is 2.76. The molecule has 0 radical (unpaired) electrons. The molecule has 29 heavy (non-hydrogen) atoms. The van der Waals surface area contributed by atoms with E-state index in [0.717, 1.165) is 0 Å². The molecule has 3 aromatic heterocycles. The van der Waals surface area contributed by atoms with Crippen molar-refractivity contribution in [3.05, 3.63) is 93.1 Å². The lowest BCUT2D eigenvalue weighted by Gasteiger charge is -2.13. The quantitative estimate of drug-likeness (QED) is 0.466. The van der Waals surface area contributed by atoms with Gasteiger partial charge in [-0.3, -0.25) is 9.78 Å². The summed E-state index contributed by atoms with van der Waals surface area (Å²) in [4.78, 5) is 21.1. The van der Waals surface area contributed by atoms with E-state index in [0.29, 0.717) is 38.4 Å². The Balaban J connectivity index is 1.93. The number of benzene rings is 1. The smallest absolute Gasteiger partial charge is 0.251 e. The minimum Gasteiger partial charge on any atom is -0.310 e. The Bertz CT molecular complexity index is 1320. The third-order valence-electron chi connectivity index (χ3n) is 4.75. The van der Waals surface area contributed by atoms with Crippen LogP contribution in [0.1, 0.15) is 23.1 Å². The second-order valence-corrected chi connectivity index (χ2v) is 6.98. The van der Waals surface area contributed by atoms with Crippen LogP contribution in [0.5, 0.6) is 0 Å². The van der Waals surface area contributed by atoms with Crippen LogP contribution in [0.25, 0.3) is 22.2 Å². The van der Waals surface area contributed by atoms with Crippen molar-refractivity contribution in [2.24, 2.45) is 7.05 Å². The van der Waals surface area contributed by atoms with Crippen molar-refractivity contribution in [1.29, 1.82) is 0 Å². The molecule has 0 saturated carbocycles. The predicted molar refractivity (Wildman–Crippen MR) is 113 cm³/mol. The molecule has 0 bridgehead atoms. The Labute approximate surface area is 171 Å². The van der Waals surface area contributed by atoms with E-state index in [1.807, 2.05) is 0 Å². The van der Waals surface area contributed by atoms with Gasteiger partial charge in [-0.05, 0) is 35.9 Å². The Kier molecular flexibility index (Phi) is 4.87. The number of terminal acetylenes is 1. The van der Waals surface area contributed by atoms with Gasteiger partial charge in [0.05, 0.1) is 23.1 Å². The molecule has 4 nitrogen and oxygen atoms in total. The zero-order valence-electron chi connectivity index (χ0n) is 15.4. The summed E-state index contributed by atoms with van der Waals surface area (Å²) in [5.74, 6) is 2.49. The summed E-state index contributed by atoms with van der Waals surface area (Å²) in [5, 5.41) is 1.19. The third-order valence-corrected chi connectivity index (χ3v) is 5.00. The van der Waals surface area contributed by atoms with E-state index >= 15 is 4.39 Å². The van der Waals surface area contributed by atoms with Gasteiger partial charge < -0.3 is 4.57 Å². The average molecular weight is 404 g/mol. The molecule has 6 heteroatoms. The van der Waals surface area contributed by atoms with Gasteiger partial charge in [-0.25, -0.2) is 9.37 Å². The number of fused-ring (bicyclic) bond motifs is 1. The van der Waals surface area contributed by atoms with Crippen LogP contribution in [0.2, 0.25) is 5.02 Å². The molecule has 0 saturated heterocycles. The minimum atomic E-state index is -1.44. The topological polar surface area (TPSA) is 47.8 Å². The first-order valence-corrected chi connectivity index (χ1v) is 9.19. The molecule has 0 aliphatic heterocycles. The number of hydrogen-bond donors (Lipinski definition) is 0. The van der Waals surface area contributed by atoms with Crippen LogP contribution < -0.4 is 5.56 Å². The molecule has 0 aliphatic rings. The summed E-state index contributed by atoms with van der Waals surface area (Å²) in [6.07, 6.45) is 5.52. The molecule has 0 spiro atoms. The maximum atomic E-state index is 15.1. The fraction of sp³-hybridized carbons (Fsp3) is 0.0870. The normalized spacial score (nSPS) is 11.9. The number of alkyl halides is 1. The standard InChI is InChI=1S/C23H15ClFN3O/c1-3-16-5-4-6-19(27-16)17-12-22(29)28(2)21-13-26-20(11-18(17)21)23(25)14-7-9-15(24)10-8-14/h1,4-13,23H,2H3. The molecule has 4 aromatic rings. The van der Waals surface area contributed by atoms with E-state index in [9.17, 15) is 4.79 Å². The van der Waals surface area contributed by atoms with Crippen molar-refractivity contribution < 1.29 is 4.39 Å². The van der Waals surface area contributed by atoms with E-state index in [1.165, 1.54) is 16.8 Å². The zero-order valence-corrected chi connectivity index (χ0v) is 16.2. The molecule has 4 rings (SSSR count). The SMILES string of the molecule is C#Cc1cccc(-c2cc(=O)n(C)c3cnc(C(F)c4ccc(Cl)cc4)cc23)n1. The summed E-state index contributed by atoms with van der Waals surface area (Å²) in [5.41, 5.74) is 2.61. The van der Waals surface area contributed by atoms with Gasteiger partial charge in [-0.1, -0.05) is 35.7 Å². The van der Waals surface area contributed by atoms with Gasteiger partial charge in [0.2, 0.25) is 0 Å². The molecule has 142 valence electrons. The van der Waals surface area contributed by atoms with Crippen molar-refractivity contribution in [3.8, 4) is 23.6 Å². The van der Waals surface area contributed by atoms with Gasteiger partial charge in [0, 0.05) is 29.1 Å². The number of aryl methyl sites for hydroxylation is 1. The molecule has 0 fully saturated rings. The lowest BCUT2D eigenvalue weighted by Crippen LogP contribution is -2.17. The Hall–Kier alpha value is -3.49. The van der Waals surface area contributed by atoms with E-state index in [-0.39, 0.29) is 11.3 Å². The van der Waals surface area contributed by atoms with Crippen molar-refractivity contribution in [2.75, 3.05) is 0 Å². The van der Waals surface area contributed by atoms with E-state index in [2.05, 4.69) is 15.9 Å². The van der Waals surface area contributed by atoms with Crippen molar-refractivity contribution in [1.82, 2.24) is 14.5 Å². The molecule has 1 aromatic carbocycles. The van der Waals surface area contributed by atoms with Crippen molar-refractivity contribution in [2.45, 2.75) is 6.17 Å². The lowest BCUT2D eigenvalue weighted by molar-refractivity contribution is 0.394. The molecule has 0 aliphatic carbocycles. The van der Waals surface area contributed by atoms with Crippen LogP contribution in [0, 0.1) is 12.3 Å². The number of aromatic nitrogens is 3. The first-order valence-electron chi connectivity index (χ1n) is 8.81. The van der Waals surface area contributed by atoms with E-state index in [4.69, 9.17) is 18.0 Å². The first kappa shape index (κ1) is 18.9. The van der Waals surface area contributed by atoms with Crippen molar-refractivity contribution >= 4 is 22.5 Å². The molecule has 1 atom stereocenters. The van der Waals surface area contributed by atoms with Gasteiger partial charge in [0.15, 0.2) is 6.17 Å². The van der Waals surface area contributed by atoms with Crippen molar-refractivity contribution in [3.63, 3.8) is 0 Å². The first-order chi connectivity index (χ1) is 14.0. The number of halogens is 2. The van der Waals surface area contributed by atoms with Gasteiger partial charge >= 0.3 is 0 Å². The summed E-state index contributed by atoms with van der Waals surface area (Å²) in [7, 11) is 1.65. The summed E-state index contributed by atoms with van der Waals surface area (Å²) in [6.45, 7) is 0. The minimum absolute atomic E-state index is 0.218. The second kappa shape index (κ2) is 7.50.